The summed E-state index contributed by atoms with van der Waals surface area (Å²) >= 11 is 0. The van der Waals surface area contributed by atoms with Crippen molar-refractivity contribution in [3.63, 3.8) is 0 Å². The van der Waals surface area contributed by atoms with Crippen molar-refractivity contribution in [2.75, 3.05) is 5.73 Å². The first kappa shape index (κ1) is 23.0. The molecule has 0 radical (unpaired) electrons. The molecule has 3 heterocycles. The number of alkyl halides is 2. The second-order valence-electron chi connectivity index (χ2n) is 8.00. The van der Waals surface area contributed by atoms with E-state index in [1.807, 2.05) is 60.7 Å². The molecular formula is C26H21F2N7O. The van der Waals surface area contributed by atoms with Gasteiger partial charge in [0.2, 0.25) is 0 Å². The van der Waals surface area contributed by atoms with Crippen molar-refractivity contribution < 1.29 is 13.6 Å². The van der Waals surface area contributed by atoms with Crippen LogP contribution in [0.2, 0.25) is 0 Å². The summed E-state index contributed by atoms with van der Waals surface area (Å²) < 4.78 is 26.9. The van der Waals surface area contributed by atoms with Gasteiger partial charge >= 0.3 is 0 Å². The van der Waals surface area contributed by atoms with Crippen LogP contribution in [0.4, 0.5) is 14.6 Å². The van der Waals surface area contributed by atoms with Crippen LogP contribution in [0, 0.1) is 0 Å². The summed E-state index contributed by atoms with van der Waals surface area (Å²) in [6.45, 7) is -0.586. The fourth-order valence-electron chi connectivity index (χ4n) is 3.90. The van der Waals surface area contributed by atoms with Crippen LogP contribution in [-0.2, 0) is 13.1 Å². The van der Waals surface area contributed by atoms with E-state index in [9.17, 15) is 13.6 Å². The zero-order chi connectivity index (χ0) is 25.1. The monoisotopic (exact) mass is 485 g/mol. The fourth-order valence-corrected chi connectivity index (χ4v) is 3.90. The number of carbonyl (C=O) groups excluding carboxylic acids is 1. The van der Waals surface area contributed by atoms with Crippen molar-refractivity contribution in [1.29, 1.82) is 0 Å². The van der Waals surface area contributed by atoms with Crippen molar-refractivity contribution in [1.82, 2.24) is 29.8 Å². The number of anilines is 1. The number of fused-ring (bicyclic) bond motifs is 1. The first-order valence-corrected chi connectivity index (χ1v) is 11.1. The average Bonchev–Trinajstić information content (AvgIpc) is 3.33. The van der Waals surface area contributed by atoms with Crippen molar-refractivity contribution in [3.05, 3.63) is 90.8 Å². The third kappa shape index (κ3) is 4.74. The molecule has 3 aromatic heterocycles. The van der Waals surface area contributed by atoms with E-state index in [-0.39, 0.29) is 18.1 Å². The number of carbonyl (C=O) groups is 1. The highest BCUT2D eigenvalue weighted by molar-refractivity contribution is 5.98. The van der Waals surface area contributed by atoms with E-state index in [0.29, 0.717) is 17.2 Å². The SMILES string of the molecule is Nc1nc(-c2ccccc2)c(-c2ccc3ncccc3c2)nc1C(=O)NCc1nccn1CC(F)F. The summed E-state index contributed by atoms with van der Waals surface area (Å²) in [6, 6.07) is 18.9. The Hall–Kier alpha value is -4.73. The largest absolute Gasteiger partial charge is 0.382 e. The molecule has 1 amide bonds. The molecule has 0 saturated carbocycles. The molecule has 0 bridgehead atoms. The number of rotatable bonds is 7. The lowest BCUT2D eigenvalue weighted by atomic mass is 10.0. The van der Waals surface area contributed by atoms with Gasteiger partial charge in [-0.3, -0.25) is 9.78 Å². The highest BCUT2D eigenvalue weighted by atomic mass is 19.3. The number of halogens is 2. The smallest absolute Gasteiger partial charge is 0.274 e. The van der Waals surface area contributed by atoms with Crippen LogP contribution in [-0.4, -0.2) is 36.8 Å². The molecule has 0 atom stereocenters. The summed E-state index contributed by atoms with van der Waals surface area (Å²) in [5.41, 5.74) is 9.47. The summed E-state index contributed by atoms with van der Waals surface area (Å²) in [4.78, 5) is 30.6. The number of nitrogens with one attached hydrogen (secondary N) is 1. The van der Waals surface area contributed by atoms with Crippen LogP contribution in [0.15, 0.2) is 79.3 Å². The van der Waals surface area contributed by atoms with Crippen molar-refractivity contribution in [2.45, 2.75) is 19.5 Å². The maximum absolute atomic E-state index is 13.0. The normalized spacial score (nSPS) is 11.2. The van der Waals surface area contributed by atoms with E-state index < -0.39 is 18.9 Å². The predicted octanol–water partition coefficient (Wildman–Crippen LogP) is 4.33. The zero-order valence-corrected chi connectivity index (χ0v) is 19.0. The minimum Gasteiger partial charge on any atom is -0.382 e. The van der Waals surface area contributed by atoms with Gasteiger partial charge in [-0.05, 0) is 18.2 Å². The summed E-state index contributed by atoms with van der Waals surface area (Å²) in [6.07, 6.45) is 2.01. The van der Waals surface area contributed by atoms with E-state index >= 15 is 0 Å². The van der Waals surface area contributed by atoms with Gasteiger partial charge in [0, 0.05) is 35.1 Å². The number of imidazole rings is 1. The highest BCUT2D eigenvalue weighted by Gasteiger charge is 2.21. The topological polar surface area (TPSA) is 112 Å². The van der Waals surface area contributed by atoms with Crippen molar-refractivity contribution in [3.8, 4) is 22.5 Å². The van der Waals surface area contributed by atoms with Gasteiger partial charge < -0.3 is 15.6 Å². The van der Waals surface area contributed by atoms with Gasteiger partial charge in [0.25, 0.3) is 12.3 Å². The molecular weight excluding hydrogens is 464 g/mol. The molecule has 3 N–H and O–H groups in total. The maximum atomic E-state index is 13.0. The van der Waals surface area contributed by atoms with Gasteiger partial charge in [-0.15, -0.1) is 0 Å². The van der Waals surface area contributed by atoms with E-state index in [1.54, 1.807) is 6.20 Å². The van der Waals surface area contributed by atoms with E-state index in [1.165, 1.54) is 17.0 Å². The fraction of sp³-hybridized carbons (Fsp3) is 0.115. The lowest BCUT2D eigenvalue weighted by Gasteiger charge is -2.14. The molecule has 0 spiro atoms. The number of amides is 1. The number of nitrogens with two attached hydrogens (primary N) is 1. The third-order valence-electron chi connectivity index (χ3n) is 5.61. The zero-order valence-electron chi connectivity index (χ0n) is 19.0. The molecule has 10 heteroatoms. The summed E-state index contributed by atoms with van der Waals surface area (Å²) in [5.74, 6) is -0.346. The van der Waals surface area contributed by atoms with Gasteiger partial charge in [0.1, 0.15) is 5.82 Å². The molecule has 0 aliphatic rings. The van der Waals surface area contributed by atoms with E-state index in [0.717, 1.165) is 22.0 Å². The standard InChI is InChI=1S/C26H21F2N7O/c27-20(28)15-35-12-11-31-21(35)14-32-26(36)24-25(29)34-22(16-5-2-1-3-6-16)23(33-24)18-8-9-19-17(13-18)7-4-10-30-19/h1-13,20H,14-15H2,(H2,29,34)(H,32,36). The Morgan fingerprint density at radius 1 is 0.944 bits per heavy atom. The maximum Gasteiger partial charge on any atom is 0.274 e. The molecule has 36 heavy (non-hydrogen) atoms. The third-order valence-corrected chi connectivity index (χ3v) is 5.61. The molecule has 5 aromatic rings. The number of aromatic nitrogens is 5. The van der Waals surface area contributed by atoms with Crippen molar-refractivity contribution in [2.24, 2.45) is 0 Å². The van der Waals surface area contributed by atoms with Gasteiger partial charge in [0.05, 0.1) is 30.0 Å². The Morgan fingerprint density at radius 3 is 2.56 bits per heavy atom. The molecule has 0 aliphatic carbocycles. The first-order chi connectivity index (χ1) is 17.5. The number of hydrogen-bond donors (Lipinski definition) is 2. The van der Waals surface area contributed by atoms with Crippen LogP contribution < -0.4 is 11.1 Å². The molecule has 0 unspecified atom stereocenters. The molecule has 180 valence electrons. The molecule has 0 saturated heterocycles. The van der Waals surface area contributed by atoms with Crippen LogP contribution in [0.3, 0.4) is 0 Å². The van der Waals surface area contributed by atoms with Gasteiger partial charge in [-0.1, -0.05) is 42.5 Å². The van der Waals surface area contributed by atoms with E-state index in [2.05, 4.69) is 25.3 Å². The molecule has 0 aliphatic heterocycles. The van der Waals surface area contributed by atoms with Gasteiger partial charge in [0.15, 0.2) is 11.5 Å². The molecule has 8 nitrogen and oxygen atoms in total. The van der Waals surface area contributed by atoms with Crippen LogP contribution in [0.25, 0.3) is 33.4 Å². The van der Waals surface area contributed by atoms with Crippen molar-refractivity contribution >= 4 is 22.6 Å². The van der Waals surface area contributed by atoms with Crippen LogP contribution in [0.5, 0.6) is 0 Å². The Labute approximate surface area is 204 Å². The average molecular weight is 485 g/mol. The summed E-state index contributed by atoms with van der Waals surface area (Å²) in [7, 11) is 0. The number of benzene rings is 2. The molecule has 0 fully saturated rings. The Kier molecular flexibility index (Phi) is 6.31. The minimum absolute atomic E-state index is 0.0477. The predicted molar refractivity (Wildman–Crippen MR) is 132 cm³/mol. The highest BCUT2D eigenvalue weighted by Crippen LogP contribution is 2.32. The second kappa shape index (κ2) is 9.87. The Morgan fingerprint density at radius 2 is 1.75 bits per heavy atom. The lowest BCUT2D eigenvalue weighted by Crippen LogP contribution is -2.27. The minimum atomic E-state index is -2.54. The number of hydrogen-bond acceptors (Lipinski definition) is 6. The van der Waals surface area contributed by atoms with Gasteiger partial charge in [-0.2, -0.15) is 0 Å². The first-order valence-electron chi connectivity index (χ1n) is 11.1. The van der Waals surface area contributed by atoms with Crippen LogP contribution in [0.1, 0.15) is 16.3 Å². The van der Waals surface area contributed by atoms with E-state index in [4.69, 9.17) is 5.73 Å². The molecule has 2 aromatic carbocycles. The van der Waals surface area contributed by atoms with Crippen LogP contribution >= 0.6 is 0 Å². The molecule has 5 rings (SSSR count). The summed E-state index contributed by atoms with van der Waals surface area (Å²) in [5, 5.41) is 3.57. The van der Waals surface area contributed by atoms with Gasteiger partial charge in [-0.25, -0.2) is 23.7 Å². The Bertz CT molecular complexity index is 1540. The lowest BCUT2D eigenvalue weighted by molar-refractivity contribution is 0.0944. The number of nitrogens with zero attached hydrogens (tertiary/aromatic N) is 5. The number of pyridine rings is 1. The second-order valence-corrected chi connectivity index (χ2v) is 8.00. The number of nitrogen functional groups attached to an aromatic ring is 1. The Balaban J connectivity index is 1.53. The quantitative estimate of drug-likeness (QED) is 0.355.